The van der Waals surface area contributed by atoms with Gasteiger partial charge in [0.05, 0.1) is 13.2 Å². The van der Waals surface area contributed by atoms with Gasteiger partial charge in [0.1, 0.15) is 5.75 Å². The molecule has 0 aliphatic carbocycles. The number of furan rings is 1. The van der Waals surface area contributed by atoms with E-state index < -0.39 is 15.9 Å². The molecule has 134 valence electrons. The summed E-state index contributed by atoms with van der Waals surface area (Å²) in [5, 5.41) is 9.04. The van der Waals surface area contributed by atoms with Crippen molar-refractivity contribution >= 4 is 21.6 Å². The van der Waals surface area contributed by atoms with Crippen molar-refractivity contribution in [2.75, 3.05) is 38.3 Å². The second kappa shape index (κ2) is 6.87. The molecule has 0 spiro atoms. The van der Waals surface area contributed by atoms with E-state index in [0.717, 1.165) is 0 Å². The van der Waals surface area contributed by atoms with Crippen molar-refractivity contribution in [3.8, 4) is 5.75 Å². The standard InChI is InChI=1S/C16H18N2O6S/c1-17(12-2-4-13(19)5-3-12)16(20)14-6-7-15(24-14)25(21,22)18-8-10-23-11-9-18/h2-7,19H,8-11H2,1H3. The third-order valence-electron chi connectivity index (χ3n) is 3.90. The van der Waals surface area contributed by atoms with Crippen LogP contribution in [0, 0.1) is 0 Å². The van der Waals surface area contributed by atoms with Crippen molar-refractivity contribution in [3.63, 3.8) is 0 Å². The van der Waals surface area contributed by atoms with Crippen LogP contribution in [-0.4, -0.2) is 57.1 Å². The zero-order chi connectivity index (χ0) is 18.0. The molecule has 3 rings (SSSR count). The predicted molar refractivity (Wildman–Crippen MR) is 89.1 cm³/mol. The third kappa shape index (κ3) is 3.53. The van der Waals surface area contributed by atoms with Gasteiger partial charge >= 0.3 is 0 Å². The molecule has 1 aromatic carbocycles. The summed E-state index contributed by atoms with van der Waals surface area (Å²) in [6.07, 6.45) is 0. The summed E-state index contributed by atoms with van der Waals surface area (Å²) in [5.74, 6) is -0.488. The Bertz CT molecular complexity index is 853. The molecule has 1 aromatic heterocycles. The van der Waals surface area contributed by atoms with Gasteiger partial charge in [-0.15, -0.1) is 0 Å². The molecule has 0 bridgehead atoms. The number of phenols is 1. The third-order valence-corrected chi connectivity index (χ3v) is 5.67. The van der Waals surface area contributed by atoms with E-state index in [-0.39, 0.29) is 29.7 Å². The Balaban J connectivity index is 1.80. The van der Waals surface area contributed by atoms with Crippen molar-refractivity contribution in [2.45, 2.75) is 5.09 Å². The number of sulfonamides is 1. The Labute approximate surface area is 145 Å². The minimum atomic E-state index is -3.79. The lowest BCUT2D eigenvalue weighted by Crippen LogP contribution is -2.40. The lowest BCUT2D eigenvalue weighted by molar-refractivity contribution is 0.0723. The number of aromatic hydroxyl groups is 1. The normalized spacial score (nSPS) is 15.9. The van der Waals surface area contributed by atoms with Crippen molar-refractivity contribution in [2.24, 2.45) is 0 Å². The highest BCUT2D eigenvalue weighted by Gasteiger charge is 2.30. The first-order chi connectivity index (χ1) is 11.9. The van der Waals surface area contributed by atoms with E-state index in [4.69, 9.17) is 9.15 Å². The molecule has 1 saturated heterocycles. The molecule has 9 heteroatoms. The molecule has 0 unspecified atom stereocenters. The molecule has 25 heavy (non-hydrogen) atoms. The minimum absolute atomic E-state index is 0.0811. The van der Waals surface area contributed by atoms with Crippen molar-refractivity contribution in [3.05, 3.63) is 42.2 Å². The monoisotopic (exact) mass is 366 g/mol. The van der Waals surface area contributed by atoms with Crippen LogP contribution in [0.1, 0.15) is 10.6 Å². The number of anilines is 1. The molecule has 2 heterocycles. The molecule has 1 N–H and O–H groups in total. The highest BCUT2D eigenvalue weighted by Crippen LogP contribution is 2.23. The quantitative estimate of drug-likeness (QED) is 0.875. The zero-order valence-corrected chi connectivity index (χ0v) is 14.4. The SMILES string of the molecule is CN(C(=O)c1ccc(S(=O)(=O)N2CCOCC2)o1)c1ccc(O)cc1. The van der Waals surface area contributed by atoms with Crippen LogP contribution in [0.3, 0.4) is 0 Å². The van der Waals surface area contributed by atoms with Crippen LogP contribution in [0.4, 0.5) is 5.69 Å². The summed E-state index contributed by atoms with van der Waals surface area (Å²) < 4.78 is 36.8. The first kappa shape index (κ1) is 17.5. The molecule has 2 aromatic rings. The molecule has 0 atom stereocenters. The van der Waals surface area contributed by atoms with Gasteiger partial charge < -0.3 is 19.2 Å². The number of benzene rings is 1. The van der Waals surface area contributed by atoms with E-state index in [0.29, 0.717) is 18.9 Å². The van der Waals surface area contributed by atoms with Gasteiger partial charge in [0, 0.05) is 25.8 Å². The first-order valence-electron chi connectivity index (χ1n) is 7.64. The van der Waals surface area contributed by atoms with Gasteiger partial charge in [-0.1, -0.05) is 0 Å². The number of phenolic OH excluding ortho intramolecular Hbond substituents is 1. The fourth-order valence-corrected chi connectivity index (χ4v) is 3.77. The van der Waals surface area contributed by atoms with Crippen LogP contribution in [0.25, 0.3) is 0 Å². The number of carbonyl (C=O) groups is 1. The number of carbonyl (C=O) groups excluding carboxylic acids is 1. The fourth-order valence-electron chi connectivity index (χ4n) is 2.45. The average molecular weight is 366 g/mol. The van der Waals surface area contributed by atoms with Crippen LogP contribution in [-0.2, 0) is 14.8 Å². The molecule has 0 radical (unpaired) electrons. The molecule has 1 aliphatic rings. The number of rotatable bonds is 4. The number of amides is 1. The molecular weight excluding hydrogens is 348 g/mol. The van der Waals surface area contributed by atoms with Gasteiger partial charge in [0.15, 0.2) is 5.76 Å². The second-order valence-electron chi connectivity index (χ2n) is 5.52. The van der Waals surface area contributed by atoms with E-state index in [1.165, 1.54) is 40.5 Å². The summed E-state index contributed by atoms with van der Waals surface area (Å²) in [7, 11) is -2.25. The number of morpholine rings is 1. The van der Waals surface area contributed by atoms with Crippen LogP contribution in [0.15, 0.2) is 45.9 Å². The maximum atomic E-state index is 12.5. The van der Waals surface area contributed by atoms with Gasteiger partial charge in [-0.25, -0.2) is 8.42 Å². The molecule has 8 nitrogen and oxygen atoms in total. The lowest BCUT2D eigenvalue weighted by atomic mass is 10.2. The molecule has 1 aliphatic heterocycles. The van der Waals surface area contributed by atoms with Crippen LogP contribution in [0.2, 0.25) is 0 Å². The molecule has 1 fully saturated rings. The number of nitrogens with zero attached hydrogens (tertiary/aromatic N) is 2. The Morgan fingerprint density at radius 3 is 2.40 bits per heavy atom. The lowest BCUT2D eigenvalue weighted by Gasteiger charge is -2.24. The topological polar surface area (TPSA) is 100 Å². The Hall–Kier alpha value is -2.36. The van der Waals surface area contributed by atoms with Gasteiger partial charge in [0.25, 0.3) is 15.9 Å². The average Bonchev–Trinajstić information content (AvgIpc) is 3.13. The summed E-state index contributed by atoms with van der Waals surface area (Å²) in [5.41, 5.74) is 0.539. The second-order valence-corrected chi connectivity index (χ2v) is 7.38. The molecular formula is C16H18N2O6S. The van der Waals surface area contributed by atoms with Gasteiger partial charge in [0.2, 0.25) is 5.09 Å². The van der Waals surface area contributed by atoms with Crippen LogP contribution >= 0.6 is 0 Å². The Kier molecular flexibility index (Phi) is 4.80. The highest BCUT2D eigenvalue weighted by molar-refractivity contribution is 7.89. The van der Waals surface area contributed by atoms with Crippen LogP contribution < -0.4 is 4.90 Å². The van der Waals surface area contributed by atoms with E-state index >= 15 is 0 Å². The van der Waals surface area contributed by atoms with E-state index in [9.17, 15) is 18.3 Å². The van der Waals surface area contributed by atoms with E-state index in [2.05, 4.69) is 0 Å². The summed E-state index contributed by atoms with van der Waals surface area (Å²) >= 11 is 0. The maximum absolute atomic E-state index is 12.5. The maximum Gasteiger partial charge on any atom is 0.293 e. The fraction of sp³-hybridized carbons (Fsp3) is 0.312. The van der Waals surface area contributed by atoms with Crippen molar-refractivity contribution in [1.29, 1.82) is 0 Å². The minimum Gasteiger partial charge on any atom is -0.508 e. The largest absolute Gasteiger partial charge is 0.508 e. The summed E-state index contributed by atoms with van der Waals surface area (Å²) in [6, 6.07) is 8.67. The number of hydrogen-bond donors (Lipinski definition) is 1. The van der Waals surface area contributed by atoms with E-state index in [1.54, 1.807) is 12.1 Å². The van der Waals surface area contributed by atoms with E-state index in [1.807, 2.05) is 0 Å². The predicted octanol–water partition coefficient (Wildman–Crippen LogP) is 1.28. The first-order valence-corrected chi connectivity index (χ1v) is 9.08. The van der Waals surface area contributed by atoms with Crippen molar-refractivity contribution < 1.29 is 27.5 Å². The molecule has 1 amide bonds. The van der Waals surface area contributed by atoms with Crippen LogP contribution in [0.5, 0.6) is 5.75 Å². The summed E-state index contributed by atoms with van der Waals surface area (Å²) in [4.78, 5) is 13.8. The smallest absolute Gasteiger partial charge is 0.293 e. The van der Waals surface area contributed by atoms with Gasteiger partial charge in [-0.3, -0.25) is 4.79 Å². The summed E-state index contributed by atoms with van der Waals surface area (Å²) in [6.45, 7) is 1.16. The number of hydrogen-bond acceptors (Lipinski definition) is 6. The molecule has 0 saturated carbocycles. The van der Waals surface area contributed by atoms with Gasteiger partial charge in [-0.2, -0.15) is 4.31 Å². The highest BCUT2D eigenvalue weighted by atomic mass is 32.2. The zero-order valence-electron chi connectivity index (χ0n) is 13.6. The van der Waals surface area contributed by atoms with Gasteiger partial charge in [-0.05, 0) is 36.4 Å². The number of ether oxygens (including phenoxy) is 1. The van der Waals surface area contributed by atoms with Crippen molar-refractivity contribution in [1.82, 2.24) is 4.31 Å². The Morgan fingerprint density at radius 2 is 1.76 bits per heavy atom. The Morgan fingerprint density at radius 1 is 1.12 bits per heavy atom.